The zero-order valence-corrected chi connectivity index (χ0v) is 10.6. The summed E-state index contributed by atoms with van der Waals surface area (Å²) >= 11 is 0. The molecule has 0 fully saturated rings. The highest BCUT2D eigenvalue weighted by Crippen LogP contribution is 2.25. The summed E-state index contributed by atoms with van der Waals surface area (Å²) in [4.78, 5) is 11.9. The fourth-order valence-electron chi connectivity index (χ4n) is 1.67. The van der Waals surface area contributed by atoms with Gasteiger partial charge in [-0.2, -0.15) is 0 Å². The van der Waals surface area contributed by atoms with E-state index in [2.05, 4.69) is 26.1 Å². The number of hydrogen-bond donors (Lipinski definition) is 1. The van der Waals surface area contributed by atoms with E-state index in [0.717, 1.165) is 0 Å². The largest absolute Gasteiger partial charge is 0.311 e. The molecule has 0 amide bonds. The van der Waals surface area contributed by atoms with Crippen LogP contribution in [-0.4, -0.2) is 17.9 Å². The summed E-state index contributed by atoms with van der Waals surface area (Å²) in [6.45, 7) is 14.3. The van der Waals surface area contributed by atoms with Crippen molar-refractivity contribution >= 4 is 5.78 Å². The molecule has 0 aromatic carbocycles. The fraction of sp³-hybridized carbons (Fsp3) is 0.917. The summed E-state index contributed by atoms with van der Waals surface area (Å²) in [5.74, 6) is 0.444. The second-order valence-electron chi connectivity index (χ2n) is 5.28. The van der Waals surface area contributed by atoms with Crippen LogP contribution < -0.4 is 5.32 Å². The van der Waals surface area contributed by atoms with Crippen molar-refractivity contribution in [3.63, 3.8) is 0 Å². The van der Waals surface area contributed by atoms with Crippen LogP contribution in [0.4, 0.5) is 0 Å². The molecule has 1 N–H and O–H groups in total. The van der Waals surface area contributed by atoms with Gasteiger partial charge >= 0.3 is 0 Å². The Morgan fingerprint density at radius 3 is 1.79 bits per heavy atom. The SMILES string of the molecule is CC(C)NC(C)C(C)(C)C(=O)C(C)C. The Morgan fingerprint density at radius 1 is 1.07 bits per heavy atom. The molecule has 0 aliphatic carbocycles. The van der Waals surface area contributed by atoms with Gasteiger partial charge in [-0.05, 0) is 6.92 Å². The zero-order valence-electron chi connectivity index (χ0n) is 10.6. The van der Waals surface area contributed by atoms with Gasteiger partial charge in [-0.15, -0.1) is 0 Å². The van der Waals surface area contributed by atoms with Crippen LogP contribution in [0.1, 0.15) is 48.5 Å². The van der Waals surface area contributed by atoms with Gasteiger partial charge in [0.2, 0.25) is 0 Å². The lowest BCUT2D eigenvalue weighted by Gasteiger charge is -2.33. The molecule has 0 heterocycles. The second-order valence-corrected chi connectivity index (χ2v) is 5.28. The van der Waals surface area contributed by atoms with Crippen LogP contribution >= 0.6 is 0 Å². The zero-order chi connectivity index (χ0) is 11.5. The fourth-order valence-corrected chi connectivity index (χ4v) is 1.67. The monoisotopic (exact) mass is 199 g/mol. The summed E-state index contributed by atoms with van der Waals surface area (Å²) in [6, 6.07) is 0.640. The lowest BCUT2D eigenvalue weighted by Crippen LogP contribution is -2.48. The minimum absolute atomic E-state index is 0.112. The molecular formula is C12H25NO. The van der Waals surface area contributed by atoms with Gasteiger partial charge in [0.05, 0.1) is 0 Å². The smallest absolute Gasteiger partial charge is 0.142 e. The van der Waals surface area contributed by atoms with Gasteiger partial charge in [0.15, 0.2) is 0 Å². The molecule has 84 valence electrons. The molecule has 0 radical (unpaired) electrons. The quantitative estimate of drug-likeness (QED) is 0.737. The molecule has 0 bridgehead atoms. The number of carbonyl (C=O) groups excluding carboxylic acids is 1. The van der Waals surface area contributed by atoms with E-state index in [-0.39, 0.29) is 17.4 Å². The average Bonchev–Trinajstić information content (AvgIpc) is 2.01. The first kappa shape index (κ1) is 13.6. The Kier molecular flexibility index (Phi) is 4.79. The molecule has 0 aromatic heterocycles. The highest BCUT2D eigenvalue weighted by atomic mass is 16.1. The van der Waals surface area contributed by atoms with E-state index < -0.39 is 0 Å². The minimum Gasteiger partial charge on any atom is -0.311 e. The van der Waals surface area contributed by atoms with E-state index in [9.17, 15) is 4.79 Å². The van der Waals surface area contributed by atoms with Crippen LogP contribution in [0.25, 0.3) is 0 Å². The van der Waals surface area contributed by atoms with Crippen molar-refractivity contribution < 1.29 is 4.79 Å². The number of ketones is 1. The van der Waals surface area contributed by atoms with Gasteiger partial charge < -0.3 is 5.32 Å². The van der Waals surface area contributed by atoms with Crippen LogP contribution in [0.5, 0.6) is 0 Å². The minimum atomic E-state index is -0.279. The maximum absolute atomic E-state index is 11.9. The van der Waals surface area contributed by atoms with Gasteiger partial charge in [-0.25, -0.2) is 0 Å². The van der Waals surface area contributed by atoms with Gasteiger partial charge in [0.1, 0.15) is 5.78 Å². The molecule has 1 unspecified atom stereocenters. The first-order valence-corrected chi connectivity index (χ1v) is 5.50. The third kappa shape index (κ3) is 3.41. The highest BCUT2D eigenvalue weighted by molar-refractivity contribution is 5.86. The first-order valence-electron chi connectivity index (χ1n) is 5.50. The van der Waals surface area contributed by atoms with Crippen molar-refractivity contribution in [2.45, 2.75) is 60.5 Å². The van der Waals surface area contributed by atoms with Gasteiger partial charge in [0.25, 0.3) is 0 Å². The Bertz CT molecular complexity index is 194. The third-order valence-electron chi connectivity index (χ3n) is 2.83. The van der Waals surface area contributed by atoms with E-state index in [1.54, 1.807) is 0 Å². The summed E-state index contributed by atoms with van der Waals surface area (Å²) in [6.07, 6.45) is 0. The number of hydrogen-bond acceptors (Lipinski definition) is 2. The molecule has 0 rings (SSSR count). The molecule has 0 saturated carbocycles. The lowest BCUT2D eigenvalue weighted by molar-refractivity contribution is -0.131. The van der Waals surface area contributed by atoms with E-state index >= 15 is 0 Å². The lowest BCUT2D eigenvalue weighted by atomic mass is 9.76. The molecule has 0 aliphatic heterocycles. The predicted molar refractivity (Wildman–Crippen MR) is 61.4 cm³/mol. The standard InChI is InChI=1S/C12H25NO/c1-8(2)11(14)12(6,7)10(5)13-9(3)4/h8-10,13H,1-7H3. The van der Waals surface area contributed by atoms with Crippen LogP contribution in [0.2, 0.25) is 0 Å². The van der Waals surface area contributed by atoms with Crippen molar-refractivity contribution in [2.24, 2.45) is 11.3 Å². The van der Waals surface area contributed by atoms with Crippen LogP contribution in [0, 0.1) is 11.3 Å². The number of rotatable bonds is 5. The maximum Gasteiger partial charge on any atom is 0.142 e. The molecule has 2 heteroatoms. The van der Waals surface area contributed by atoms with Crippen molar-refractivity contribution in [3.05, 3.63) is 0 Å². The molecule has 0 aromatic rings. The summed E-state index contributed by atoms with van der Waals surface area (Å²) in [7, 11) is 0. The summed E-state index contributed by atoms with van der Waals surface area (Å²) in [5.41, 5.74) is -0.279. The molecule has 0 spiro atoms. The normalized spacial score (nSPS) is 14.9. The molecule has 2 nitrogen and oxygen atoms in total. The maximum atomic E-state index is 11.9. The Morgan fingerprint density at radius 2 is 1.50 bits per heavy atom. The molecular weight excluding hydrogens is 174 g/mol. The van der Waals surface area contributed by atoms with E-state index in [1.165, 1.54) is 0 Å². The van der Waals surface area contributed by atoms with E-state index in [4.69, 9.17) is 0 Å². The summed E-state index contributed by atoms with van der Waals surface area (Å²) < 4.78 is 0. The van der Waals surface area contributed by atoms with Gasteiger partial charge in [-0.1, -0.05) is 41.5 Å². The van der Waals surface area contributed by atoms with Crippen LogP contribution in [0.3, 0.4) is 0 Å². The average molecular weight is 199 g/mol. The van der Waals surface area contributed by atoms with E-state index in [0.29, 0.717) is 11.8 Å². The second kappa shape index (κ2) is 4.92. The van der Waals surface area contributed by atoms with Gasteiger partial charge in [-0.3, -0.25) is 4.79 Å². The van der Waals surface area contributed by atoms with Gasteiger partial charge in [0, 0.05) is 23.4 Å². The summed E-state index contributed by atoms with van der Waals surface area (Å²) in [5, 5.41) is 3.40. The van der Waals surface area contributed by atoms with E-state index in [1.807, 2.05) is 27.7 Å². The van der Waals surface area contributed by atoms with Crippen LogP contribution in [-0.2, 0) is 4.79 Å². The van der Waals surface area contributed by atoms with Crippen molar-refractivity contribution in [1.82, 2.24) is 5.32 Å². The predicted octanol–water partition coefficient (Wildman–Crippen LogP) is 2.62. The molecule has 0 aliphatic rings. The van der Waals surface area contributed by atoms with Crippen molar-refractivity contribution in [1.29, 1.82) is 0 Å². The van der Waals surface area contributed by atoms with Crippen molar-refractivity contribution in [3.8, 4) is 0 Å². The number of Topliss-reactive ketones (excluding diaryl/α,β-unsaturated/α-hetero) is 1. The highest BCUT2D eigenvalue weighted by Gasteiger charge is 2.35. The molecule has 14 heavy (non-hydrogen) atoms. The Labute approximate surface area is 88.5 Å². The van der Waals surface area contributed by atoms with Crippen LogP contribution in [0.15, 0.2) is 0 Å². The number of nitrogens with one attached hydrogen (secondary N) is 1. The topological polar surface area (TPSA) is 29.1 Å². The van der Waals surface area contributed by atoms with Crippen molar-refractivity contribution in [2.75, 3.05) is 0 Å². The molecule has 0 saturated heterocycles. The third-order valence-corrected chi connectivity index (χ3v) is 2.83. The first-order chi connectivity index (χ1) is 6.19. The molecule has 1 atom stereocenters. The Hall–Kier alpha value is -0.370. The Balaban J connectivity index is 4.51. The number of carbonyl (C=O) groups is 1.